The summed E-state index contributed by atoms with van der Waals surface area (Å²) in [5.41, 5.74) is 5.49. The monoisotopic (exact) mass is 284 g/mol. The summed E-state index contributed by atoms with van der Waals surface area (Å²) in [5.74, 6) is -0.831. The van der Waals surface area contributed by atoms with Gasteiger partial charge in [-0.1, -0.05) is 24.3 Å². The Morgan fingerprint density at radius 2 is 1.90 bits per heavy atom. The van der Waals surface area contributed by atoms with Gasteiger partial charge in [-0.15, -0.1) is 0 Å². The standard InChI is InChI=1S/C17H20N2O2/c1-11-12(2)19-9-8-15(11)14-6-4-13(5-7-14)10-16(18-3)17(20)21/h4-9,16,18H,10H2,1-3H3,(H,20,21)/t16-/m0/s1. The molecule has 0 spiro atoms. The zero-order valence-corrected chi connectivity index (χ0v) is 12.6. The normalized spacial score (nSPS) is 12.1. The first-order valence-electron chi connectivity index (χ1n) is 6.94. The zero-order chi connectivity index (χ0) is 15.4. The van der Waals surface area contributed by atoms with E-state index >= 15 is 0 Å². The molecule has 0 unspecified atom stereocenters. The van der Waals surface area contributed by atoms with E-state index in [9.17, 15) is 4.79 Å². The van der Waals surface area contributed by atoms with Crippen molar-refractivity contribution in [1.82, 2.24) is 10.3 Å². The lowest BCUT2D eigenvalue weighted by Crippen LogP contribution is -2.35. The van der Waals surface area contributed by atoms with E-state index in [1.165, 1.54) is 5.56 Å². The third kappa shape index (κ3) is 3.47. The average Bonchev–Trinajstić information content (AvgIpc) is 2.48. The summed E-state index contributed by atoms with van der Waals surface area (Å²) in [6.45, 7) is 4.06. The predicted octanol–water partition coefficient (Wildman–Crippen LogP) is 2.58. The molecule has 1 aromatic heterocycles. The number of carbonyl (C=O) groups is 1. The van der Waals surface area contributed by atoms with Gasteiger partial charge in [-0.25, -0.2) is 0 Å². The Bertz CT molecular complexity index is 636. The number of pyridine rings is 1. The lowest BCUT2D eigenvalue weighted by Gasteiger charge is -2.12. The topological polar surface area (TPSA) is 62.2 Å². The Hall–Kier alpha value is -2.20. The molecule has 110 valence electrons. The molecular formula is C17H20N2O2. The summed E-state index contributed by atoms with van der Waals surface area (Å²) in [5, 5.41) is 11.9. The smallest absolute Gasteiger partial charge is 0.321 e. The van der Waals surface area contributed by atoms with Crippen LogP contribution in [-0.4, -0.2) is 29.1 Å². The highest BCUT2D eigenvalue weighted by atomic mass is 16.4. The van der Waals surface area contributed by atoms with Crippen molar-refractivity contribution in [3.05, 3.63) is 53.3 Å². The summed E-state index contributed by atoms with van der Waals surface area (Å²) in [7, 11) is 1.66. The van der Waals surface area contributed by atoms with E-state index in [1.54, 1.807) is 7.05 Å². The van der Waals surface area contributed by atoms with Crippen LogP contribution in [0, 0.1) is 13.8 Å². The van der Waals surface area contributed by atoms with Crippen molar-refractivity contribution in [2.75, 3.05) is 7.05 Å². The van der Waals surface area contributed by atoms with Crippen LogP contribution in [0.15, 0.2) is 36.5 Å². The molecule has 2 rings (SSSR count). The molecule has 4 heteroatoms. The Labute approximate surface area is 124 Å². The van der Waals surface area contributed by atoms with Crippen LogP contribution >= 0.6 is 0 Å². The quantitative estimate of drug-likeness (QED) is 0.886. The van der Waals surface area contributed by atoms with Crippen molar-refractivity contribution in [3.8, 4) is 11.1 Å². The maximum absolute atomic E-state index is 11.0. The fourth-order valence-electron chi connectivity index (χ4n) is 2.32. The van der Waals surface area contributed by atoms with Crippen molar-refractivity contribution >= 4 is 5.97 Å². The fourth-order valence-corrected chi connectivity index (χ4v) is 2.32. The second-order valence-corrected chi connectivity index (χ2v) is 5.15. The van der Waals surface area contributed by atoms with Crippen molar-refractivity contribution < 1.29 is 9.90 Å². The number of hydrogen-bond donors (Lipinski definition) is 2. The van der Waals surface area contributed by atoms with Gasteiger partial charge >= 0.3 is 5.97 Å². The molecule has 1 heterocycles. The van der Waals surface area contributed by atoms with Crippen molar-refractivity contribution in [1.29, 1.82) is 0 Å². The maximum atomic E-state index is 11.0. The lowest BCUT2D eigenvalue weighted by molar-refractivity contribution is -0.139. The zero-order valence-electron chi connectivity index (χ0n) is 12.6. The Morgan fingerprint density at radius 3 is 2.48 bits per heavy atom. The molecule has 0 radical (unpaired) electrons. The van der Waals surface area contributed by atoms with Gasteiger partial charge in [0.2, 0.25) is 0 Å². The summed E-state index contributed by atoms with van der Waals surface area (Å²) in [4.78, 5) is 15.3. The lowest BCUT2D eigenvalue weighted by atomic mass is 9.98. The van der Waals surface area contributed by atoms with Gasteiger partial charge in [0.15, 0.2) is 0 Å². The summed E-state index contributed by atoms with van der Waals surface area (Å²) < 4.78 is 0. The molecule has 0 aliphatic heterocycles. The number of aromatic nitrogens is 1. The van der Waals surface area contributed by atoms with Gasteiger partial charge in [0.05, 0.1) is 0 Å². The minimum Gasteiger partial charge on any atom is -0.480 e. The number of carboxylic acids is 1. The molecule has 0 bridgehead atoms. The van der Waals surface area contributed by atoms with Crippen molar-refractivity contribution in [2.24, 2.45) is 0 Å². The summed E-state index contributed by atoms with van der Waals surface area (Å²) in [6, 6.07) is 9.48. The molecule has 2 aromatic rings. The minimum absolute atomic E-state index is 0.473. The van der Waals surface area contributed by atoms with Gasteiger partial charge in [-0.05, 0) is 55.6 Å². The Balaban J connectivity index is 2.23. The van der Waals surface area contributed by atoms with E-state index in [2.05, 4.69) is 17.2 Å². The SMILES string of the molecule is CN[C@@H](Cc1ccc(-c2ccnc(C)c2C)cc1)C(=O)O. The van der Waals surface area contributed by atoms with Gasteiger partial charge in [0.25, 0.3) is 0 Å². The van der Waals surface area contributed by atoms with Crippen molar-refractivity contribution in [2.45, 2.75) is 26.3 Å². The van der Waals surface area contributed by atoms with Gasteiger partial charge in [-0.3, -0.25) is 9.78 Å². The van der Waals surface area contributed by atoms with Crippen LogP contribution in [0.5, 0.6) is 0 Å². The fraction of sp³-hybridized carbons (Fsp3) is 0.294. The molecule has 0 aliphatic carbocycles. The molecule has 2 N–H and O–H groups in total. The highest BCUT2D eigenvalue weighted by Crippen LogP contribution is 2.24. The van der Waals surface area contributed by atoms with Gasteiger partial charge in [-0.2, -0.15) is 0 Å². The van der Waals surface area contributed by atoms with Crippen LogP contribution in [0.25, 0.3) is 11.1 Å². The van der Waals surface area contributed by atoms with E-state index in [0.29, 0.717) is 6.42 Å². The number of likely N-dealkylation sites (N-methyl/N-ethyl adjacent to an activating group) is 1. The van der Waals surface area contributed by atoms with Crippen LogP contribution < -0.4 is 5.32 Å². The minimum atomic E-state index is -0.831. The van der Waals surface area contributed by atoms with Crippen molar-refractivity contribution in [3.63, 3.8) is 0 Å². The molecular weight excluding hydrogens is 264 g/mol. The second-order valence-electron chi connectivity index (χ2n) is 5.15. The third-order valence-electron chi connectivity index (χ3n) is 3.81. The Morgan fingerprint density at radius 1 is 1.24 bits per heavy atom. The number of nitrogens with one attached hydrogen (secondary N) is 1. The molecule has 0 amide bonds. The number of aryl methyl sites for hydroxylation is 1. The highest BCUT2D eigenvalue weighted by molar-refractivity contribution is 5.74. The number of benzene rings is 1. The number of aliphatic carboxylic acids is 1. The first-order chi connectivity index (χ1) is 10.0. The summed E-state index contributed by atoms with van der Waals surface area (Å²) in [6.07, 6.45) is 2.29. The molecule has 0 fully saturated rings. The maximum Gasteiger partial charge on any atom is 0.321 e. The molecule has 0 saturated heterocycles. The number of nitrogens with zero attached hydrogens (tertiary/aromatic N) is 1. The van der Waals surface area contributed by atoms with Gasteiger partial charge in [0, 0.05) is 11.9 Å². The number of hydrogen-bond acceptors (Lipinski definition) is 3. The molecule has 0 aliphatic rings. The van der Waals surface area contributed by atoms with Gasteiger partial charge < -0.3 is 10.4 Å². The molecule has 0 saturated carbocycles. The van der Waals surface area contributed by atoms with Crippen LogP contribution in [0.1, 0.15) is 16.8 Å². The van der Waals surface area contributed by atoms with Crippen LogP contribution in [-0.2, 0) is 11.2 Å². The molecule has 21 heavy (non-hydrogen) atoms. The number of carboxylic acid groups (broad SMARTS) is 1. The molecule has 1 atom stereocenters. The van der Waals surface area contributed by atoms with Crippen LogP contribution in [0.3, 0.4) is 0 Å². The van der Waals surface area contributed by atoms with E-state index in [4.69, 9.17) is 5.11 Å². The van der Waals surface area contributed by atoms with Gasteiger partial charge in [0.1, 0.15) is 6.04 Å². The molecule has 1 aromatic carbocycles. The third-order valence-corrected chi connectivity index (χ3v) is 3.81. The van der Waals surface area contributed by atoms with Crippen LogP contribution in [0.4, 0.5) is 0 Å². The second kappa shape index (κ2) is 6.50. The van der Waals surface area contributed by atoms with E-state index in [1.807, 2.05) is 43.5 Å². The average molecular weight is 284 g/mol. The van der Waals surface area contributed by atoms with Crippen LogP contribution in [0.2, 0.25) is 0 Å². The first kappa shape index (κ1) is 15.2. The molecule has 4 nitrogen and oxygen atoms in total. The van der Waals surface area contributed by atoms with E-state index in [-0.39, 0.29) is 0 Å². The Kier molecular flexibility index (Phi) is 4.70. The number of rotatable bonds is 5. The highest BCUT2D eigenvalue weighted by Gasteiger charge is 2.15. The largest absolute Gasteiger partial charge is 0.480 e. The first-order valence-corrected chi connectivity index (χ1v) is 6.94. The van der Waals surface area contributed by atoms with E-state index in [0.717, 1.165) is 22.4 Å². The predicted molar refractivity (Wildman–Crippen MR) is 83.3 cm³/mol. The van der Waals surface area contributed by atoms with E-state index < -0.39 is 12.0 Å². The summed E-state index contributed by atoms with van der Waals surface area (Å²) >= 11 is 0.